The molecule has 3 N–H and O–H groups in total. The number of primary amides is 1. The van der Waals surface area contributed by atoms with Crippen LogP contribution in [0.1, 0.15) is 23.0 Å². The van der Waals surface area contributed by atoms with Gasteiger partial charge in [0.25, 0.3) is 0 Å². The normalized spacial score (nSPS) is 10.8. The predicted octanol–water partition coefficient (Wildman–Crippen LogP) is 1.68. The summed E-state index contributed by atoms with van der Waals surface area (Å²) in [5.74, 6) is -0.450. The maximum Gasteiger partial charge on any atom is 0.248 e. The van der Waals surface area contributed by atoms with Gasteiger partial charge in [0.05, 0.1) is 23.1 Å². The van der Waals surface area contributed by atoms with Crippen LogP contribution in [-0.2, 0) is 6.42 Å². The number of nitrogens with two attached hydrogens (primary N) is 1. The van der Waals surface area contributed by atoms with Gasteiger partial charge in [-0.15, -0.1) is 5.10 Å². The zero-order chi connectivity index (χ0) is 14.1. The number of H-pyrrole nitrogens is 1. The van der Waals surface area contributed by atoms with E-state index in [1.807, 2.05) is 19.1 Å². The minimum atomic E-state index is -0.450. The molecule has 0 atom stereocenters. The number of amides is 1. The highest BCUT2D eigenvalue weighted by atomic mass is 16.1. The minimum Gasteiger partial charge on any atom is -0.366 e. The Hall–Kier alpha value is -2.76. The number of carbonyl (C=O) groups excluding carboxylic acids is 1. The zero-order valence-electron chi connectivity index (χ0n) is 10.9. The smallest absolute Gasteiger partial charge is 0.248 e. The lowest BCUT2D eigenvalue weighted by molar-refractivity contribution is 0.100. The van der Waals surface area contributed by atoms with Gasteiger partial charge < -0.3 is 5.73 Å². The number of pyridine rings is 1. The summed E-state index contributed by atoms with van der Waals surface area (Å²) in [6, 6.07) is 7.27. The molecule has 2 aromatic heterocycles. The molecule has 0 aliphatic carbocycles. The van der Waals surface area contributed by atoms with Crippen molar-refractivity contribution in [3.8, 4) is 11.3 Å². The molecule has 3 rings (SSSR count). The van der Waals surface area contributed by atoms with E-state index in [1.54, 1.807) is 18.3 Å². The van der Waals surface area contributed by atoms with E-state index in [1.165, 1.54) is 0 Å². The first-order chi connectivity index (χ1) is 9.69. The SMILES string of the molecule is CCc1nc2cc(C(N)=O)ccc2cc1-c1cnn[nH]1. The van der Waals surface area contributed by atoms with Crippen molar-refractivity contribution in [2.24, 2.45) is 5.73 Å². The number of carbonyl (C=O) groups is 1. The highest BCUT2D eigenvalue weighted by molar-refractivity contribution is 5.97. The first-order valence-electron chi connectivity index (χ1n) is 6.29. The second-order valence-electron chi connectivity index (χ2n) is 4.48. The van der Waals surface area contributed by atoms with Crippen LogP contribution in [0, 0.1) is 0 Å². The standard InChI is InChI=1S/C14H13N5O/c1-2-11-10(13-7-16-19-18-13)5-8-3-4-9(14(15)20)6-12(8)17-11/h3-7H,2H2,1H3,(H2,15,20)(H,16,18,19). The number of aromatic nitrogens is 4. The Kier molecular flexibility index (Phi) is 2.90. The summed E-state index contributed by atoms with van der Waals surface area (Å²) in [5, 5.41) is 11.3. The van der Waals surface area contributed by atoms with Crippen LogP contribution >= 0.6 is 0 Å². The molecule has 6 heteroatoms. The molecule has 0 fully saturated rings. The second-order valence-corrected chi connectivity index (χ2v) is 4.48. The molecule has 0 aliphatic rings. The van der Waals surface area contributed by atoms with E-state index < -0.39 is 5.91 Å². The van der Waals surface area contributed by atoms with Gasteiger partial charge in [-0.2, -0.15) is 0 Å². The number of hydrogen-bond donors (Lipinski definition) is 2. The van der Waals surface area contributed by atoms with Crippen LogP contribution in [0.15, 0.2) is 30.5 Å². The van der Waals surface area contributed by atoms with E-state index in [2.05, 4.69) is 20.4 Å². The van der Waals surface area contributed by atoms with Crippen molar-refractivity contribution in [1.29, 1.82) is 0 Å². The molecule has 0 aliphatic heterocycles. The fourth-order valence-corrected chi connectivity index (χ4v) is 2.19. The van der Waals surface area contributed by atoms with Gasteiger partial charge in [0.2, 0.25) is 5.91 Å². The number of nitrogens with zero attached hydrogens (tertiary/aromatic N) is 3. The monoisotopic (exact) mass is 267 g/mol. The number of hydrogen-bond acceptors (Lipinski definition) is 4. The molecule has 0 saturated heterocycles. The summed E-state index contributed by atoms with van der Waals surface area (Å²) in [6.07, 6.45) is 2.44. The zero-order valence-corrected chi connectivity index (χ0v) is 10.9. The van der Waals surface area contributed by atoms with Crippen molar-refractivity contribution in [3.05, 3.63) is 41.7 Å². The lowest BCUT2D eigenvalue weighted by Crippen LogP contribution is -2.10. The van der Waals surface area contributed by atoms with E-state index in [4.69, 9.17) is 5.73 Å². The number of aryl methyl sites for hydroxylation is 1. The number of rotatable bonds is 3. The van der Waals surface area contributed by atoms with Crippen LogP contribution in [-0.4, -0.2) is 26.3 Å². The maximum atomic E-state index is 11.2. The van der Waals surface area contributed by atoms with Crippen molar-refractivity contribution >= 4 is 16.8 Å². The van der Waals surface area contributed by atoms with E-state index in [9.17, 15) is 4.79 Å². The molecule has 20 heavy (non-hydrogen) atoms. The molecule has 0 spiro atoms. The molecule has 6 nitrogen and oxygen atoms in total. The first-order valence-corrected chi connectivity index (χ1v) is 6.29. The average Bonchev–Trinajstić information content (AvgIpc) is 2.99. The fraction of sp³-hybridized carbons (Fsp3) is 0.143. The van der Waals surface area contributed by atoms with Crippen LogP contribution in [0.4, 0.5) is 0 Å². The third-order valence-electron chi connectivity index (χ3n) is 3.22. The Balaban J connectivity index is 2.23. The van der Waals surface area contributed by atoms with Crippen molar-refractivity contribution in [3.63, 3.8) is 0 Å². The molecule has 3 aromatic rings. The second kappa shape index (κ2) is 4.73. The van der Waals surface area contributed by atoms with Crippen LogP contribution in [0.5, 0.6) is 0 Å². The first kappa shape index (κ1) is 12.3. The van der Waals surface area contributed by atoms with Crippen LogP contribution < -0.4 is 5.73 Å². The molecular weight excluding hydrogens is 254 g/mol. The van der Waals surface area contributed by atoms with Crippen LogP contribution in [0.25, 0.3) is 22.2 Å². The van der Waals surface area contributed by atoms with Crippen molar-refractivity contribution in [2.45, 2.75) is 13.3 Å². The number of nitrogens with one attached hydrogen (secondary N) is 1. The lowest BCUT2D eigenvalue weighted by Gasteiger charge is -2.08. The summed E-state index contributed by atoms with van der Waals surface area (Å²) >= 11 is 0. The topological polar surface area (TPSA) is 97.6 Å². The van der Waals surface area contributed by atoms with Crippen molar-refractivity contribution in [1.82, 2.24) is 20.4 Å². The molecular formula is C14H13N5O. The van der Waals surface area contributed by atoms with E-state index in [-0.39, 0.29) is 0 Å². The summed E-state index contributed by atoms with van der Waals surface area (Å²) in [7, 11) is 0. The molecule has 0 radical (unpaired) electrons. The molecule has 0 unspecified atom stereocenters. The van der Waals surface area contributed by atoms with Gasteiger partial charge in [0.15, 0.2) is 0 Å². The predicted molar refractivity (Wildman–Crippen MR) is 75.0 cm³/mol. The average molecular weight is 267 g/mol. The third kappa shape index (κ3) is 2.01. The Bertz CT molecular complexity index is 780. The quantitative estimate of drug-likeness (QED) is 0.754. The third-order valence-corrected chi connectivity index (χ3v) is 3.22. The fourth-order valence-electron chi connectivity index (χ4n) is 2.19. The Morgan fingerprint density at radius 3 is 2.85 bits per heavy atom. The largest absolute Gasteiger partial charge is 0.366 e. The molecule has 1 aromatic carbocycles. The van der Waals surface area contributed by atoms with Gasteiger partial charge in [-0.3, -0.25) is 14.9 Å². The van der Waals surface area contributed by atoms with Crippen molar-refractivity contribution < 1.29 is 4.79 Å². The van der Waals surface area contributed by atoms with Crippen LogP contribution in [0.2, 0.25) is 0 Å². The minimum absolute atomic E-state index is 0.450. The van der Waals surface area contributed by atoms with Gasteiger partial charge >= 0.3 is 0 Å². The van der Waals surface area contributed by atoms with E-state index >= 15 is 0 Å². The van der Waals surface area contributed by atoms with Crippen LogP contribution in [0.3, 0.4) is 0 Å². The summed E-state index contributed by atoms with van der Waals surface area (Å²) in [4.78, 5) is 15.8. The summed E-state index contributed by atoms with van der Waals surface area (Å²) in [6.45, 7) is 2.03. The summed E-state index contributed by atoms with van der Waals surface area (Å²) < 4.78 is 0. The maximum absolute atomic E-state index is 11.2. The Labute approximate surface area is 115 Å². The Morgan fingerprint density at radius 1 is 1.35 bits per heavy atom. The van der Waals surface area contributed by atoms with Gasteiger partial charge in [0.1, 0.15) is 0 Å². The van der Waals surface area contributed by atoms with Gasteiger partial charge in [-0.1, -0.05) is 18.2 Å². The molecule has 2 heterocycles. The van der Waals surface area contributed by atoms with E-state index in [0.717, 1.165) is 34.3 Å². The van der Waals surface area contributed by atoms with Gasteiger partial charge in [-0.25, -0.2) is 0 Å². The van der Waals surface area contributed by atoms with Crippen molar-refractivity contribution in [2.75, 3.05) is 0 Å². The number of benzene rings is 1. The molecule has 0 saturated carbocycles. The number of fused-ring (bicyclic) bond motifs is 1. The summed E-state index contributed by atoms with van der Waals surface area (Å²) in [5.41, 5.74) is 9.23. The van der Waals surface area contributed by atoms with E-state index in [0.29, 0.717) is 5.56 Å². The van der Waals surface area contributed by atoms with Gasteiger partial charge in [0, 0.05) is 16.5 Å². The molecule has 100 valence electrons. The molecule has 1 amide bonds. The highest BCUT2D eigenvalue weighted by Crippen LogP contribution is 2.25. The number of aromatic amines is 1. The van der Waals surface area contributed by atoms with Gasteiger partial charge in [-0.05, 0) is 24.6 Å². The highest BCUT2D eigenvalue weighted by Gasteiger charge is 2.10. The Morgan fingerprint density at radius 2 is 2.20 bits per heavy atom. The molecule has 0 bridgehead atoms. The lowest BCUT2D eigenvalue weighted by atomic mass is 10.0.